The summed E-state index contributed by atoms with van der Waals surface area (Å²) < 4.78 is 26.4. The third-order valence-electron chi connectivity index (χ3n) is 3.55. The van der Waals surface area contributed by atoms with Gasteiger partial charge in [-0.3, -0.25) is 4.31 Å². The predicted octanol–water partition coefficient (Wildman–Crippen LogP) is 1.95. The van der Waals surface area contributed by atoms with E-state index in [2.05, 4.69) is 10.1 Å². The van der Waals surface area contributed by atoms with Crippen molar-refractivity contribution in [1.29, 1.82) is 0 Å². The van der Waals surface area contributed by atoms with Crippen molar-refractivity contribution in [3.63, 3.8) is 0 Å². The number of aliphatic hydroxyl groups is 1. The molecule has 1 aromatic carbocycles. The van der Waals surface area contributed by atoms with Crippen LogP contribution >= 0.6 is 0 Å². The van der Waals surface area contributed by atoms with Gasteiger partial charge in [-0.1, -0.05) is 22.9 Å². The zero-order chi connectivity index (χ0) is 18.4. The van der Waals surface area contributed by atoms with Crippen molar-refractivity contribution in [3.8, 4) is 0 Å². The summed E-state index contributed by atoms with van der Waals surface area (Å²) in [6.45, 7) is 3.63. The van der Waals surface area contributed by atoms with Crippen molar-refractivity contribution in [2.75, 3.05) is 24.6 Å². The SMILES string of the molecule is CC(=NOCCO)c1ccc(N(C)S(=O)(=O)c2ccc(C)cc2)nc1. The lowest BCUT2D eigenvalue weighted by Crippen LogP contribution is -2.27. The van der Waals surface area contributed by atoms with Gasteiger partial charge in [0.15, 0.2) is 0 Å². The van der Waals surface area contributed by atoms with E-state index in [0.717, 1.165) is 9.87 Å². The van der Waals surface area contributed by atoms with Crippen molar-refractivity contribution in [2.24, 2.45) is 5.16 Å². The van der Waals surface area contributed by atoms with E-state index in [1.165, 1.54) is 13.2 Å². The lowest BCUT2D eigenvalue weighted by Gasteiger charge is -2.18. The van der Waals surface area contributed by atoms with Crippen molar-refractivity contribution < 1.29 is 18.4 Å². The Bertz CT molecular complexity index is 831. The second-order valence-electron chi connectivity index (χ2n) is 5.42. The molecule has 0 saturated carbocycles. The number of aryl methyl sites for hydroxylation is 1. The van der Waals surface area contributed by atoms with E-state index in [1.54, 1.807) is 43.3 Å². The molecule has 0 atom stereocenters. The van der Waals surface area contributed by atoms with Crippen molar-refractivity contribution in [3.05, 3.63) is 53.7 Å². The van der Waals surface area contributed by atoms with Crippen LogP contribution < -0.4 is 4.31 Å². The standard InChI is InChI=1S/C17H21N3O4S/c1-13-4-7-16(8-5-13)25(22,23)20(3)17-9-6-15(12-18-17)14(2)19-24-11-10-21/h4-9,12,21H,10-11H2,1-3H3. The third-order valence-corrected chi connectivity index (χ3v) is 5.33. The van der Waals surface area contributed by atoms with Crippen LogP contribution in [0.25, 0.3) is 0 Å². The van der Waals surface area contributed by atoms with Crippen LogP contribution in [0.2, 0.25) is 0 Å². The molecule has 134 valence electrons. The van der Waals surface area contributed by atoms with Crippen molar-refractivity contribution >= 4 is 21.6 Å². The maximum atomic E-state index is 12.7. The minimum absolute atomic E-state index is 0.111. The van der Waals surface area contributed by atoms with E-state index in [0.29, 0.717) is 17.1 Å². The molecule has 8 heteroatoms. The van der Waals surface area contributed by atoms with Gasteiger partial charge in [-0.2, -0.15) is 0 Å². The number of nitrogens with zero attached hydrogens (tertiary/aromatic N) is 3. The number of aliphatic hydroxyl groups excluding tert-OH is 1. The fourth-order valence-corrected chi connectivity index (χ4v) is 3.16. The highest BCUT2D eigenvalue weighted by Crippen LogP contribution is 2.20. The summed E-state index contributed by atoms with van der Waals surface area (Å²) in [7, 11) is -2.21. The summed E-state index contributed by atoms with van der Waals surface area (Å²) in [5.74, 6) is 0.299. The van der Waals surface area contributed by atoms with Crippen molar-refractivity contribution in [1.82, 2.24) is 4.98 Å². The molecule has 0 fully saturated rings. The first kappa shape index (κ1) is 18.9. The Morgan fingerprint density at radius 2 is 1.92 bits per heavy atom. The molecular formula is C17H21N3O4S. The quantitative estimate of drug-likeness (QED) is 0.461. The monoisotopic (exact) mass is 363 g/mol. The summed E-state index contributed by atoms with van der Waals surface area (Å²) in [6.07, 6.45) is 1.53. The molecule has 0 unspecified atom stereocenters. The smallest absolute Gasteiger partial charge is 0.265 e. The highest BCUT2D eigenvalue weighted by atomic mass is 32.2. The van der Waals surface area contributed by atoms with E-state index < -0.39 is 10.0 Å². The molecule has 2 aromatic rings. The van der Waals surface area contributed by atoms with Gasteiger partial charge in [0.25, 0.3) is 10.0 Å². The molecule has 1 aromatic heterocycles. The largest absolute Gasteiger partial charge is 0.393 e. The van der Waals surface area contributed by atoms with Crippen LogP contribution in [0, 0.1) is 6.92 Å². The minimum atomic E-state index is -3.67. The summed E-state index contributed by atoms with van der Waals surface area (Å²) in [4.78, 5) is 9.31. The van der Waals surface area contributed by atoms with E-state index in [1.807, 2.05) is 6.92 Å². The normalized spacial score (nSPS) is 12.1. The molecule has 0 aliphatic rings. The van der Waals surface area contributed by atoms with Gasteiger partial charge in [-0.15, -0.1) is 0 Å². The maximum Gasteiger partial charge on any atom is 0.265 e. The predicted molar refractivity (Wildman–Crippen MR) is 96.3 cm³/mol. The Morgan fingerprint density at radius 1 is 1.24 bits per heavy atom. The molecule has 0 saturated heterocycles. The lowest BCUT2D eigenvalue weighted by atomic mass is 10.2. The molecule has 0 aliphatic carbocycles. The van der Waals surface area contributed by atoms with E-state index >= 15 is 0 Å². The van der Waals surface area contributed by atoms with Crippen LogP contribution in [0.15, 0.2) is 52.6 Å². The average Bonchev–Trinajstić information content (AvgIpc) is 2.61. The number of sulfonamides is 1. The zero-order valence-corrected chi connectivity index (χ0v) is 15.2. The van der Waals surface area contributed by atoms with Gasteiger partial charge in [-0.05, 0) is 38.1 Å². The van der Waals surface area contributed by atoms with Crippen LogP contribution in [-0.2, 0) is 14.9 Å². The molecule has 0 aliphatic heterocycles. The molecule has 1 heterocycles. The zero-order valence-electron chi connectivity index (χ0n) is 14.4. The van der Waals surface area contributed by atoms with Crippen LogP contribution in [0.3, 0.4) is 0 Å². The topological polar surface area (TPSA) is 92.1 Å². The molecule has 2 rings (SSSR count). The molecule has 0 bridgehead atoms. The Morgan fingerprint density at radius 3 is 2.48 bits per heavy atom. The number of aromatic nitrogens is 1. The van der Waals surface area contributed by atoms with Gasteiger partial charge < -0.3 is 9.94 Å². The molecule has 1 N–H and O–H groups in total. The molecule has 25 heavy (non-hydrogen) atoms. The molecular weight excluding hydrogens is 342 g/mol. The van der Waals surface area contributed by atoms with Crippen LogP contribution in [0.5, 0.6) is 0 Å². The Balaban J connectivity index is 2.21. The van der Waals surface area contributed by atoms with Gasteiger partial charge in [0, 0.05) is 18.8 Å². The van der Waals surface area contributed by atoms with Crippen LogP contribution in [0.4, 0.5) is 5.82 Å². The number of rotatable bonds is 7. The summed E-state index contributed by atoms with van der Waals surface area (Å²) in [6, 6.07) is 9.97. The van der Waals surface area contributed by atoms with Crippen molar-refractivity contribution in [2.45, 2.75) is 18.7 Å². The summed E-state index contributed by atoms with van der Waals surface area (Å²) in [5.41, 5.74) is 2.27. The number of benzene rings is 1. The van der Waals surface area contributed by atoms with Crippen LogP contribution in [-0.4, -0.2) is 44.5 Å². The first-order valence-corrected chi connectivity index (χ1v) is 9.09. The first-order chi connectivity index (χ1) is 11.9. The van der Waals surface area contributed by atoms with E-state index in [9.17, 15) is 8.42 Å². The number of oxime groups is 1. The second kappa shape index (κ2) is 8.09. The van der Waals surface area contributed by atoms with Crippen LogP contribution in [0.1, 0.15) is 18.1 Å². The van der Waals surface area contributed by atoms with Gasteiger partial charge in [0.2, 0.25) is 0 Å². The number of anilines is 1. The highest BCUT2D eigenvalue weighted by molar-refractivity contribution is 7.92. The maximum absolute atomic E-state index is 12.7. The fraction of sp³-hybridized carbons (Fsp3) is 0.294. The summed E-state index contributed by atoms with van der Waals surface area (Å²) >= 11 is 0. The molecule has 0 spiro atoms. The van der Waals surface area contributed by atoms with Gasteiger partial charge in [0.1, 0.15) is 12.4 Å². The fourth-order valence-electron chi connectivity index (χ4n) is 2.01. The minimum Gasteiger partial charge on any atom is -0.393 e. The second-order valence-corrected chi connectivity index (χ2v) is 7.39. The van der Waals surface area contributed by atoms with E-state index in [4.69, 9.17) is 9.94 Å². The Labute approximate surface area is 147 Å². The Hall–Kier alpha value is -2.45. The number of pyridine rings is 1. The lowest BCUT2D eigenvalue weighted by molar-refractivity contribution is 0.0986. The van der Waals surface area contributed by atoms with Gasteiger partial charge in [0.05, 0.1) is 17.2 Å². The highest BCUT2D eigenvalue weighted by Gasteiger charge is 2.22. The first-order valence-electron chi connectivity index (χ1n) is 7.65. The van der Waals surface area contributed by atoms with Gasteiger partial charge in [-0.25, -0.2) is 13.4 Å². The molecule has 0 amide bonds. The molecule has 0 radical (unpaired) electrons. The number of hydrogen-bond donors (Lipinski definition) is 1. The molecule has 7 nitrogen and oxygen atoms in total. The summed E-state index contributed by atoms with van der Waals surface area (Å²) in [5, 5.41) is 12.5. The van der Waals surface area contributed by atoms with Gasteiger partial charge >= 0.3 is 0 Å². The Kier molecular flexibility index (Phi) is 6.11. The van der Waals surface area contributed by atoms with E-state index in [-0.39, 0.29) is 18.1 Å². The third kappa shape index (κ3) is 4.55. The number of hydrogen-bond acceptors (Lipinski definition) is 6. The average molecular weight is 363 g/mol.